The number of carbonyl (C=O) groups excluding carboxylic acids is 1. The molecular weight excluding hydrogens is 228 g/mol. The molecule has 1 rings (SSSR count). The lowest BCUT2D eigenvalue weighted by molar-refractivity contribution is 0.0601. The first-order valence-electron chi connectivity index (χ1n) is 6.02. The maximum atomic E-state index is 11.3. The molecule has 18 heavy (non-hydrogen) atoms. The largest absolute Gasteiger partial charge is 0.465 e. The second-order valence-corrected chi connectivity index (χ2v) is 5.20. The molecule has 1 aromatic rings. The highest BCUT2D eigenvalue weighted by Crippen LogP contribution is 2.16. The van der Waals surface area contributed by atoms with Gasteiger partial charge in [-0.25, -0.2) is 4.79 Å². The molecule has 0 spiro atoms. The fourth-order valence-electron chi connectivity index (χ4n) is 1.55. The number of nitrogens with zero attached hydrogens (tertiary/aromatic N) is 1. The molecule has 0 unspecified atom stereocenters. The normalized spacial score (nSPS) is 11.2. The summed E-state index contributed by atoms with van der Waals surface area (Å²) in [6.45, 7) is 4.91. The number of benzene rings is 1. The quantitative estimate of drug-likeness (QED) is 0.812. The first-order valence-corrected chi connectivity index (χ1v) is 6.02. The zero-order valence-corrected chi connectivity index (χ0v) is 11.6. The lowest BCUT2D eigenvalue weighted by Gasteiger charge is -2.25. The summed E-state index contributed by atoms with van der Waals surface area (Å²) in [5.41, 5.74) is 7.42. The highest BCUT2D eigenvalue weighted by Gasteiger charge is 2.12. The van der Waals surface area contributed by atoms with Crippen molar-refractivity contribution in [1.29, 1.82) is 0 Å². The number of methoxy groups -OCH3 is 1. The van der Waals surface area contributed by atoms with Crippen LogP contribution in [0.4, 0.5) is 5.69 Å². The molecule has 0 saturated heterocycles. The number of carbonyl (C=O) groups is 1. The average molecular weight is 250 g/mol. The van der Waals surface area contributed by atoms with E-state index in [1.54, 1.807) is 12.1 Å². The Kier molecular flexibility index (Phi) is 4.73. The molecule has 0 fully saturated rings. The van der Waals surface area contributed by atoms with Crippen molar-refractivity contribution in [3.8, 4) is 0 Å². The highest BCUT2D eigenvalue weighted by atomic mass is 16.5. The molecule has 2 N–H and O–H groups in total. The minimum atomic E-state index is -0.313. The standard InChI is InChI=1S/C14H22N2O2/c1-14(2,15)9-10-16(3)12-7-5-11(6-8-12)13(17)18-4/h5-8H,9-10,15H2,1-4H3. The number of esters is 1. The second kappa shape index (κ2) is 5.87. The van der Waals surface area contributed by atoms with Crippen LogP contribution in [0.1, 0.15) is 30.6 Å². The van der Waals surface area contributed by atoms with Gasteiger partial charge in [-0.15, -0.1) is 0 Å². The highest BCUT2D eigenvalue weighted by molar-refractivity contribution is 5.89. The van der Waals surface area contributed by atoms with Crippen LogP contribution in [0, 0.1) is 0 Å². The van der Waals surface area contributed by atoms with E-state index in [1.807, 2.05) is 33.0 Å². The molecule has 0 amide bonds. The van der Waals surface area contributed by atoms with Crippen molar-refractivity contribution in [3.05, 3.63) is 29.8 Å². The SMILES string of the molecule is COC(=O)c1ccc(N(C)CCC(C)(C)N)cc1. The predicted molar refractivity (Wildman–Crippen MR) is 73.9 cm³/mol. The fourth-order valence-corrected chi connectivity index (χ4v) is 1.55. The Hall–Kier alpha value is -1.55. The van der Waals surface area contributed by atoms with Crippen molar-refractivity contribution in [2.24, 2.45) is 5.73 Å². The van der Waals surface area contributed by atoms with Gasteiger partial charge in [0.15, 0.2) is 0 Å². The molecule has 0 aromatic heterocycles. The van der Waals surface area contributed by atoms with E-state index in [0.717, 1.165) is 18.7 Å². The van der Waals surface area contributed by atoms with E-state index in [9.17, 15) is 4.79 Å². The van der Waals surface area contributed by atoms with Crippen molar-refractivity contribution < 1.29 is 9.53 Å². The van der Waals surface area contributed by atoms with Crippen molar-refractivity contribution in [3.63, 3.8) is 0 Å². The van der Waals surface area contributed by atoms with E-state index in [1.165, 1.54) is 7.11 Å². The van der Waals surface area contributed by atoms with Crippen LogP contribution in [0.25, 0.3) is 0 Å². The van der Waals surface area contributed by atoms with Crippen LogP contribution in [0.2, 0.25) is 0 Å². The molecule has 0 atom stereocenters. The van der Waals surface area contributed by atoms with Crippen LogP contribution < -0.4 is 10.6 Å². The Morgan fingerprint density at radius 3 is 2.33 bits per heavy atom. The zero-order valence-electron chi connectivity index (χ0n) is 11.6. The Labute approximate surface area is 109 Å². The lowest BCUT2D eigenvalue weighted by Crippen LogP contribution is -2.36. The summed E-state index contributed by atoms with van der Waals surface area (Å²) in [5.74, 6) is -0.313. The molecular formula is C14H22N2O2. The maximum Gasteiger partial charge on any atom is 0.337 e. The number of hydrogen-bond donors (Lipinski definition) is 1. The zero-order chi connectivity index (χ0) is 13.8. The van der Waals surface area contributed by atoms with Gasteiger partial charge in [0, 0.05) is 24.8 Å². The van der Waals surface area contributed by atoms with Gasteiger partial charge in [-0.1, -0.05) is 0 Å². The van der Waals surface area contributed by atoms with Crippen LogP contribution in [0.3, 0.4) is 0 Å². The average Bonchev–Trinajstić information content (AvgIpc) is 2.34. The number of ether oxygens (including phenoxy) is 1. The van der Waals surface area contributed by atoms with E-state index in [-0.39, 0.29) is 11.5 Å². The van der Waals surface area contributed by atoms with E-state index >= 15 is 0 Å². The summed E-state index contributed by atoms with van der Waals surface area (Å²) in [6.07, 6.45) is 0.905. The van der Waals surface area contributed by atoms with Gasteiger partial charge >= 0.3 is 5.97 Å². The van der Waals surface area contributed by atoms with E-state index in [2.05, 4.69) is 9.64 Å². The molecule has 0 aliphatic carbocycles. The fraction of sp³-hybridized carbons (Fsp3) is 0.500. The van der Waals surface area contributed by atoms with Gasteiger partial charge in [0.05, 0.1) is 12.7 Å². The predicted octanol–water partition coefficient (Wildman–Crippen LogP) is 2.04. The summed E-state index contributed by atoms with van der Waals surface area (Å²) in [4.78, 5) is 13.4. The van der Waals surface area contributed by atoms with Crippen LogP contribution in [-0.2, 0) is 4.74 Å². The van der Waals surface area contributed by atoms with Crippen molar-refractivity contribution in [2.75, 3.05) is 25.6 Å². The molecule has 0 heterocycles. The Morgan fingerprint density at radius 2 is 1.89 bits per heavy atom. The van der Waals surface area contributed by atoms with Gasteiger partial charge in [-0.05, 0) is 44.5 Å². The third kappa shape index (κ3) is 4.37. The molecule has 100 valence electrons. The van der Waals surface area contributed by atoms with Crippen molar-refractivity contribution >= 4 is 11.7 Å². The molecule has 0 aliphatic heterocycles. The summed E-state index contributed by atoms with van der Waals surface area (Å²) < 4.78 is 4.66. The van der Waals surface area contributed by atoms with Crippen molar-refractivity contribution in [2.45, 2.75) is 25.8 Å². The summed E-state index contributed by atoms with van der Waals surface area (Å²) >= 11 is 0. The summed E-state index contributed by atoms with van der Waals surface area (Å²) in [6, 6.07) is 7.36. The molecule has 4 nitrogen and oxygen atoms in total. The first kappa shape index (κ1) is 14.5. The molecule has 0 radical (unpaired) electrons. The van der Waals surface area contributed by atoms with Gasteiger partial charge in [-0.2, -0.15) is 0 Å². The maximum absolute atomic E-state index is 11.3. The van der Waals surface area contributed by atoms with Crippen molar-refractivity contribution in [1.82, 2.24) is 0 Å². The first-order chi connectivity index (χ1) is 8.33. The molecule has 1 aromatic carbocycles. The number of nitrogens with two attached hydrogens (primary N) is 1. The Morgan fingerprint density at radius 1 is 1.33 bits per heavy atom. The Bertz CT molecular complexity index is 393. The third-order valence-corrected chi connectivity index (χ3v) is 2.82. The van der Waals surface area contributed by atoms with Crippen LogP contribution in [-0.4, -0.2) is 32.2 Å². The molecule has 0 saturated carbocycles. The van der Waals surface area contributed by atoms with Crippen LogP contribution in [0.15, 0.2) is 24.3 Å². The van der Waals surface area contributed by atoms with Crippen LogP contribution >= 0.6 is 0 Å². The second-order valence-electron chi connectivity index (χ2n) is 5.20. The van der Waals surface area contributed by atoms with E-state index < -0.39 is 0 Å². The molecule has 0 bridgehead atoms. The number of anilines is 1. The van der Waals surface area contributed by atoms with Gasteiger partial charge in [0.2, 0.25) is 0 Å². The number of hydrogen-bond acceptors (Lipinski definition) is 4. The minimum absolute atomic E-state index is 0.166. The molecule has 4 heteroatoms. The third-order valence-electron chi connectivity index (χ3n) is 2.82. The summed E-state index contributed by atoms with van der Waals surface area (Å²) in [5, 5.41) is 0. The molecule has 0 aliphatic rings. The van der Waals surface area contributed by atoms with Gasteiger partial charge in [-0.3, -0.25) is 0 Å². The number of rotatable bonds is 5. The van der Waals surface area contributed by atoms with E-state index in [0.29, 0.717) is 5.56 Å². The topological polar surface area (TPSA) is 55.6 Å². The smallest absolute Gasteiger partial charge is 0.337 e. The van der Waals surface area contributed by atoms with Crippen LogP contribution in [0.5, 0.6) is 0 Å². The van der Waals surface area contributed by atoms with Gasteiger partial charge in [0.25, 0.3) is 0 Å². The van der Waals surface area contributed by atoms with Gasteiger partial charge in [0.1, 0.15) is 0 Å². The summed E-state index contributed by atoms with van der Waals surface area (Å²) in [7, 11) is 3.39. The monoisotopic (exact) mass is 250 g/mol. The van der Waals surface area contributed by atoms with Gasteiger partial charge < -0.3 is 15.4 Å². The lowest BCUT2D eigenvalue weighted by atomic mass is 10.0. The Balaban J connectivity index is 2.64. The minimum Gasteiger partial charge on any atom is -0.465 e. The van der Waals surface area contributed by atoms with E-state index in [4.69, 9.17) is 5.73 Å².